The van der Waals surface area contributed by atoms with Crippen LogP contribution in [0.25, 0.3) is 0 Å². The number of amides is 1. The molecule has 0 bridgehead atoms. The third-order valence-corrected chi connectivity index (χ3v) is 4.09. The molecule has 1 fully saturated rings. The van der Waals surface area contributed by atoms with Gasteiger partial charge >= 0.3 is 5.51 Å². The molecule has 0 atom stereocenters. The van der Waals surface area contributed by atoms with Gasteiger partial charge in [-0.25, -0.2) is 4.98 Å². The summed E-state index contributed by atoms with van der Waals surface area (Å²) in [5.41, 5.74) is 1.26. The Bertz CT molecular complexity index is 502. The Kier molecular flexibility index (Phi) is 5.10. The summed E-state index contributed by atoms with van der Waals surface area (Å²) in [5.74, 6) is -0.518. The van der Waals surface area contributed by atoms with Gasteiger partial charge in [0.25, 0.3) is 5.91 Å². The lowest BCUT2D eigenvalue weighted by Crippen LogP contribution is -2.40. The number of rotatable bonds is 3. The molecule has 1 aromatic rings. The van der Waals surface area contributed by atoms with E-state index in [1.807, 2.05) is 0 Å². The normalized spacial score (nSPS) is 22.9. The molecule has 0 saturated heterocycles. The van der Waals surface area contributed by atoms with Crippen LogP contribution in [0.2, 0.25) is 0 Å². The highest BCUT2D eigenvalue weighted by atomic mass is 32.2. The fourth-order valence-electron chi connectivity index (χ4n) is 2.28. The summed E-state index contributed by atoms with van der Waals surface area (Å²) >= 11 is -0.374. The van der Waals surface area contributed by atoms with Crippen LogP contribution in [0.3, 0.4) is 0 Å². The van der Waals surface area contributed by atoms with E-state index in [0.717, 1.165) is 25.7 Å². The summed E-state index contributed by atoms with van der Waals surface area (Å²) < 4.78 is 37.4. The first kappa shape index (κ1) is 16.1. The van der Waals surface area contributed by atoms with Gasteiger partial charge in [0.2, 0.25) is 0 Å². The van der Waals surface area contributed by atoms with Crippen LogP contribution in [0.5, 0.6) is 0 Å². The zero-order valence-corrected chi connectivity index (χ0v) is 12.0. The van der Waals surface area contributed by atoms with Crippen molar-refractivity contribution < 1.29 is 18.0 Å². The van der Waals surface area contributed by atoms with Gasteiger partial charge in [0.15, 0.2) is 0 Å². The number of nitrogens with zero attached hydrogens (tertiary/aromatic N) is 1. The first-order chi connectivity index (χ1) is 9.85. The summed E-state index contributed by atoms with van der Waals surface area (Å²) in [4.78, 5) is 15.8. The Balaban J connectivity index is 2.05. The predicted molar refractivity (Wildman–Crippen MR) is 73.8 cm³/mol. The summed E-state index contributed by atoms with van der Waals surface area (Å²) in [5, 5.41) is 2.44. The Hall–Kier alpha value is -1.28. The maximum atomic E-state index is 12.5. The standard InChI is InChI=1S/C13H16F3N3OS/c14-13(15,16)21-12-10(2-1-7-18-12)11(20)19-9-5-3-8(17)4-6-9/h1-2,7-9H,3-6,17H2,(H,19,20). The van der Waals surface area contributed by atoms with E-state index >= 15 is 0 Å². The topological polar surface area (TPSA) is 68.0 Å². The third-order valence-electron chi connectivity index (χ3n) is 3.34. The van der Waals surface area contributed by atoms with Crippen LogP contribution in [0.15, 0.2) is 23.4 Å². The number of hydrogen-bond acceptors (Lipinski definition) is 4. The van der Waals surface area contributed by atoms with Crippen LogP contribution >= 0.6 is 11.8 Å². The molecule has 0 radical (unpaired) electrons. The smallest absolute Gasteiger partial charge is 0.349 e. The lowest BCUT2D eigenvalue weighted by Gasteiger charge is -2.27. The minimum atomic E-state index is -4.47. The van der Waals surface area contributed by atoms with Crippen LogP contribution in [0, 0.1) is 0 Å². The van der Waals surface area contributed by atoms with Gasteiger partial charge < -0.3 is 11.1 Å². The van der Waals surface area contributed by atoms with E-state index < -0.39 is 11.4 Å². The SMILES string of the molecule is NC1CCC(NC(=O)c2cccnc2SC(F)(F)F)CC1. The quantitative estimate of drug-likeness (QED) is 0.841. The molecule has 0 aromatic carbocycles. The highest BCUT2D eigenvalue weighted by molar-refractivity contribution is 8.00. The van der Waals surface area contributed by atoms with Gasteiger partial charge in [0, 0.05) is 30.0 Å². The zero-order chi connectivity index (χ0) is 15.5. The lowest BCUT2D eigenvalue weighted by molar-refractivity contribution is -0.0329. The summed E-state index contributed by atoms with van der Waals surface area (Å²) in [7, 11) is 0. The summed E-state index contributed by atoms with van der Waals surface area (Å²) in [6.07, 6.45) is 4.35. The second-order valence-electron chi connectivity index (χ2n) is 4.99. The van der Waals surface area contributed by atoms with E-state index in [0.29, 0.717) is 0 Å². The molecule has 1 saturated carbocycles. The van der Waals surface area contributed by atoms with Crippen molar-refractivity contribution >= 4 is 17.7 Å². The monoisotopic (exact) mass is 319 g/mol. The molecule has 0 aliphatic heterocycles. The van der Waals surface area contributed by atoms with E-state index in [1.165, 1.54) is 18.3 Å². The maximum Gasteiger partial charge on any atom is 0.447 e. The predicted octanol–water partition coefficient (Wildman–Crippen LogP) is 2.69. The average molecular weight is 319 g/mol. The highest BCUT2D eigenvalue weighted by Crippen LogP contribution is 2.37. The van der Waals surface area contributed by atoms with Gasteiger partial charge in [-0.1, -0.05) is 0 Å². The van der Waals surface area contributed by atoms with E-state index in [9.17, 15) is 18.0 Å². The van der Waals surface area contributed by atoms with Gasteiger partial charge in [-0.05, 0) is 37.8 Å². The van der Waals surface area contributed by atoms with Gasteiger partial charge in [-0.2, -0.15) is 13.2 Å². The molecule has 0 unspecified atom stereocenters. The molecule has 2 rings (SSSR count). The van der Waals surface area contributed by atoms with E-state index in [2.05, 4.69) is 10.3 Å². The van der Waals surface area contributed by atoms with Crippen LogP contribution in [-0.4, -0.2) is 28.5 Å². The molecule has 1 amide bonds. The number of nitrogens with two attached hydrogens (primary N) is 1. The van der Waals surface area contributed by atoms with Gasteiger partial charge in [0.05, 0.1) is 5.56 Å². The van der Waals surface area contributed by atoms with Crippen molar-refractivity contribution in [2.75, 3.05) is 0 Å². The van der Waals surface area contributed by atoms with Crippen molar-refractivity contribution in [3.63, 3.8) is 0 Å². The minimum Gasteiger partial charge on any atom is -0.349 e. The number of thioether (sulfide) groups is 1. The molecule has 1 aliphatic carbocycles. The number of nitrogens with one attached hydrogen (secondary N) is 1. The summed E-state index contributed by atoms with van der Waals surface area (Å²) in [6, 6.07) is 2.91. The number of carbonyl (C=O) groups excluding carboxylic acids is 1. The molecule has 1 heterocycles. The zero-order valence-electron chi connectivity index (χ0n) is 11.2. The van der Waals surface area contributed by atoms with Crippen LogP contribution in [-0.2, 0) is 0 Å². The molecule has 1 aromatic heterocycles. The maximum absolute atomic E-state index is 12.5. The molecule has 4 nitrogen and oxygen atoms in total. The molecule has 116 valence electrons. The molecule has 1 aliphatic rings. The van der Waals surface area contributed by atoms with E-state index in [4.69, 9.17) is 5.73 Å². The highest BCUT2D eigenvalue weighted by Gasteiger charge is 2.32. The largest absolute Gasteiger partial charge is 0.447 e. The third kappa shape index (κ3) is 4.89. The van der Waals surface area contributed by atoms with E-state index in [-0.39, 0.29) is 34.4 Å². The number of hydrogen-bond donors (Lipinski definition) is 2. The molecule has 21 heavy (non-hydrogen) atoms. The summed E-state index contributed by atoms with van der Waals surface area (Å²) in [6.45, 7) is 0. The lowest BCUT2D eigenvalue weighted by atomic mass is 9.92. The van der Waals surface area contributed by atoms with E-state index in [1.54, 1.807) is 0 Å². The van der Waals surface area contributed by atoms with Gasteiger partial charge in [0.1, 0.15) is 5.03 Å². The molecular weight excluding hydrogens is 303 g/mol. The Morgan fingerprint density at radius 2 is 2.00 bits per heavy atom. The van der Waals surface area contributed by atoms with Crippen molar-refractivity contribution in [2.24, 2.45) is 5.73 Å². The molecule has 3 N–H and O–H groups in total. The first-order valence-electron chi connectivity index (χ1n) is 6.62. The van der Waals surface area contributed by atoms with Crippen molar-refractivity contribution in [2.45, 2.75) is 48.3 Å². The van der Waals surface area contributed by atoms with Gasteiger partial charge in [-0.3, -0.25) is 4.79 Å². The van der Waals surface area contributed by atoms with Crippen molar-refractivity contribution in [1.29, 1.82) is 0 Å². The number of halogens is 3. The Labute approximate surface area is 124 Å². The second-order valence-corrected chi connectivity index (χ2v) is 6.04. The van der Waals surface area contributed by atoms with Gasteiger partial charge in [-0.15, -0.1) is 0 Å². The molecule has 8 heteroatoms. The number of carbonyl (C=O) groups is 1. The Morgan fingerprint density at radius 3 is 2.62 bits per heavy atom. The van der Waals surface area contributed by atoms with Crippen molar-refractivity contribution in [3.05, 3.63) is 23.9 Å². The number of pyridine rings is 1. The molecular formula is C13H16F3N3OS. The Morgan fingerprint density at radius 1 is 1.33 bits per heavy atom. The second kappa shape index (κ2) is 6.65. The first-order valence-corrected chi connectivity index (χ1v) is 7.44. The van der Waals surface area contributed by atoms with Crippen molar-refractivity contribution in [1.82, 2.24) is 10.3 Å². The van der Waals surface area contributed by atoms with Crippen molar-refractivity contribution in [3.8, 4) is 0 Å². The minimum absolute atomic E-state index is 0.0405. The molecule has 0 spiro atoms. The van der Waals surface area contributed by atoms with Crippen LogP contribution in [0.4, 0.5) is 13.2 Å². The van der Waals surface area contributed by atoms with Crippen LogP contribution < -0.4 is 11.1 Å². The fourth-order valence-corrected chi connectivity index (χ4v) is 2.88. The average Bonchev–Trinajstić information content (AvgIpc) is 2.40. The fraction of sp³-hybridized carbons (Fsp3) is 0.538. The van der Waals surface area contributed by atoms with Crippen LogP contribution in [0.1, 0.15) is 36.0 Å². The number of aromatic nitrogens is 1. The number of alkyl halides is 3.